The molecule has 18 heavy (non-hydrogen) atoms. The number of amides is 1. The van der Waals surface area contributed by atoms with Gasteiger partial charge in [-0.2, -0.15) is 4.98 Å². The Bertz CT molecular complexity index is 531. The predicted molar refractivity (Wildman–Crippen MR) is 67.1 cm³/mol. The third-order valence-corrected chi connectivity index (χ3v) is 3.84. The van der Waals surface area contributed by atoms with Crippen molar-refractivity contribution in [2.24, 2.45) is 0 Å². The van der Waals surface area contributed by atoms with Crippen molar-refractivity contribution in [3.05, 3.63) is 23.4 Å². The average Bonchev–Trinajstić information content (AvgIpc) is 2.94. The smallest absolute Gasteiger partial charge is 0.227 e. The highest BCUT2D eigenvalue weighted by Gasteiger charge is 2.20. The maximum Gasteiger partial charge on any atom is 0.227 e. The van der Waals surface area contributed by atoms with Gasteiger partial charge in [0.2, 0.25) is 17.6 Å². The second-order valence-electron chi connectivity index (χ2n) is 4.22. The van der Waals surface area contributed by atoms with Gasteiger partial charge in [-0.25, -0.2) is 0 Å². The molecule has 0 spiro atoms. The molecule has 0 radical (unpaired) electrons. The third-order valence-electron chi connectivity index (χ3n) is 2.97. The zero-order valence-corrected chi connectivity index (χ0v) is 10.7. The van der Waals surface area contributed by atoms with Gasteiger partial charge in [-0.1, -0.05) is 11.2 Å². The first-order chi connectivity index (χ1) is 8.83. The summed E-state index contributed by atoms with van der Waals surface area (Å²) in [4.78, 5) is 18.8. The number of rotatable bonds is 4. The molecule has 0 bridgehead atoms. The average molecular weight is 263 g/mol. The summed E-state index contributed by atoms with van der Waals surface area (Å²) in [5.41, 5.74) is 0. The fraction of sp³-hybridized carbons (Fsp3) is 0.417. The summed E-state index contributed by atoms with van der Waals surface area (Å²) >= 11 is 1.57. The zero-order chi connectivity index (χ0) is 12.4. The molecular weight excluding hydrogens is 250 g/mol. The molecule has 3 rings (SSSR count). The highest BCUT2D eigenvalue weighted by atomic mass is 32.1. The number of aryl methyl sites for hydroxylation is 1. The van der Waals surface area contributed by atoms with Gasteiger partial charge in [0.15, 0.2) is 0 Å². The van der Waals surface area contributed by atoms with Crippen molar-refractivity contribution in [1.82, 2.24) is 15.0 Å². The molecule has 0 saturated carbocycles. The number of nitrogens with zero attached hydrogens (tertiary/aromatic N) is 3. The van der Waals surface area contributed by atoms with E-state index in [9.17, 15) is 4.79 Å². The second kappa shape index (κ2) is 4.89. The number of likely N-dealkylation sites (tertiary alicyclic amines) is 1. The van der Waals surface area contributed by atoms with Crippen LogP contribution in [0.15, 0.2) is 22.0 Å². The van der Waals surface area contributed by atoms with Crippen LogP contribution in [0, 0.1) is 0 Å². The molecular formula is C12H13N3O2S. The van der Waals surface area contributed by atoms with Gasteiger partial charge in [0, 0.05) is 25.9 Å². The van der Waals surface area contributed by atoms with E-state index in [1.807, 2.05) is 22.4 Å². The summed E-state index contributed by atoms with van der Waals surface area (Å²) in [5.74, 6) is 1.32. The minimum atomic E-state index is 0.178. The van der Waals surface area contributed by atoms with Crippen LogP contribution in [0.1, 0.15) is 18.7 Å². The number of carbonyl (C=O) groups is 1. The van der Waals surface area contributed by atoms with Crippen molar-refractivity contribution in [2.45, 2.75) is 19.3 Å². The van der Waals surface area contributed by atoms with Crippen molar-refractivity contribution in [3.8, 4) is 10.7 Å². The number of hydrogen-bond donors (Lipinski definition) is 0. The SMILES string of the molecule is O=C(CCc1nc(-c2cccs2)no1)N1CCC1. The van der Waals surface area contributed by atoms with E-state index in [2.05, 4.69) is 10.1 Å². The monoisotopic (exact) mass is 263 g/mol. The zero-order valence-electron chi connectivity index (χ0n) is 9.83. The van der Waals surface area contributed by atoms with E-state index >= 15 is 0 Å². The fourth-order valence-corrected chi connectivity index (χ4v) is 2.45. The molecule has 2 aromatic rings. The topological polar surface area (TPSA) is 59.2 Å². The van der Waals surface area contributed by atoms with E-state index in [1.165, 1.54) is 0 Å². The van der Waals surface area contributed by atoms with E-state index in [0.717, 1.165) is 24.4 Å². The van der Waals surface area contributed by atoms with Gasteiger partial charge in [0.05, 0.1) is 4.88 Å². The van der Waals surface area contributed by atoms with Crippen LogP contribution in [0.4, 0.5) is 0 Å². The Labute approximate surface area is 108 Å². The van der Waals surface area contributed by atoms with Gasteiger partial charge in [-0.15, -0.1) is 11.3 Å². The Morgan fingerprint density at radius 3 is 3.06 bits per heavy atom. The molecule has 6 heteroatoms. The first-order valence-corrected chi connectivity index (χ1v) is 6.85. The van der Waals surface area contributed by atoms with Gasteiger partial charge in [-0.3, -0.25) is 4.79 Å². The third kappa shape index (κ3) is 2.28. The Balaban J connectivity index is 1.58. The predicted octanol–water partition coefficient (Wildman–Crippen LogP) is 1.96. The van der Waals surface area contributed by atoms with Crippen molar-refractivity contribution < 1.29 is 9.32 Å². The lowest BCUT2D eigenvalue weighted by molar-refractivity contribution is -0.134. The van der Waals surface area contributed by atoms with E-state index in [4.69, 9.17) is 4.52 Å². The Morgan fingerprint density at radius 2 is 2.39 bits per heavy atom. The standard InChI is InChI=1S/C12H13N3O2S/c16-11(15-6-2-7-15)5-4-10-13-12(14-17-10)9-3-1-8-18-9/h1,3,8H,2,4-7H2. The number of carbonyl (C=O) groups excluding carboxylic acids is 1. The molecule has 1 saturated heterocycles. The molecule has 5 nitrogen and oxygen atoms in total. The maximum absolute atomic E-state index is 11.7. The van der Waals surface area contributed by atoms with Gasteiger partial charge in [0.25, 0.3) is 0 Å². The first-order valence-electron chi connectivity index (χ1n) is 5.97. The second-order valence-corrected chi connectivity index (χ2v) is 5.17. The number of hydrogen-bond acceptors (Lipinski definition) is 5. The van der Waals surface area contributed by atoms with E-state index < -0.39 is 0 Å². The summed E-state index contributed by atoms with van der Waals surface area (Å²) < 4.78 is 5.15. The van der Waals surface area contributed by atoms with Crippen LogP contribution in [0.5, 0.6) is 0 Å². The van der Waals surface area contributed by atoms with Crippen molar-refractivity contribution >= 4 is 17.2 Å². The summed E-state index contributed by atoms with van der Waals surface area (Å²) in [5, 5.41) is 5.89. The Hall–Kier alpha value is -1.69. The lowest BCUT2D eigenvalue weighted by Gasteiger charge is -2.30. The lowest BCUT2D eigenvalue weighted by atomic mass is 10.2. The minimum absolute atomic E-state index is 0.178. The van der Waals surface area contributed by atoms with E-state index in [-0.39, 0.29) is 5.91 Å². The van der Waals surface area contributed by atoms with Gasteiger partial charge in [0.1, 0.15) is 0 Å². The molecule has 2 aromatic heterocycles. The van der Waals surface area contributed by atoms with Crippen molar-refractivity contribution in [2.75, 3.05) is 13.1 Å². The molecule has 1 fully saturated rings. The molecule has 0 atom stereocenters. The molecule has 0 aliphatic carbocycles. The van der Waals surface area contributed by atoms with E-state index in [1.54, 1.807) is 11.3 Å². The van der Waals surface area contributed by atoms with Crippen LogP contribution in [-0.2, 0) is 11.2 Å². The van der Waals surface area contributed by atoms with Gasteiger partial charge in [-0.05, 0) is 17.9 Å². The first kappa shape index (κ1) is 11.4. The molecule has 0 aromatic carbocycles. The molecule has 0 N–H and O–H groups in total. The molecule has 1 aliphatic rings. The van der Waals surface area contributed by atoms with Crippen molar-refractivity contribution in [3.63, 3.8) is 0 Å². The maximum atomic E-state index is 11.7. The summed E-state index contributed by atoms with van der Waals surface area (Å²) in [6.07, 6.45) is 2.09. The van der Waals surface area contributed by atoms with Crippen LogP contribution in [0.25, 0.3) is 10.7 Å². The fourth-order valence-electron chi connectivity index (χ4n) is 1.80. The quantitative estimate of drug-likeness (QED) is 0.846. The highest BCUT2D eigenvalue weighted by Crippen LogP contribution is 2.21. The van der Waals surface area contributed by atoms with Crippen LogP contribution in [0.3, 0.4) is 0 Å². The van der Waals surface area contributed by atoms with Crippen LogP contribution in [-0.4, -0.2) is 34.0 Å². The lowest BCUT2D eigenvalue weighted by Crippen LogP contribution is -2.42. The number of thiophene rings is 1. The molecule has 0 unspecified atom stereocenters. The highest BCUT2D eigenvalue weighted by molar-refractivity contribution is 7.13. The minimum Gasteiger partial charge on any atom is -0.343 e. The Kier molecular flexibility index (Phi) is 3.10. The van der Waals surface area contributed by atoms with E-state index in [0.29, 0.717) is 24.6 Å². The molecule has 1 aliphatic heterocycles. The van der Waals surface area contributed by atoms with Gasteiger partial charge < -0.3 is 9.42 Å². The van der Waals surface area contributed by atoms with Crippen LogP contribution < -0.4 is 0 Å². The molecule has 1 amide bonds. The molecule has 3 heterocycles. The Morgan fingerprint density at radius 1 is 1.50 bits per heavy atom. The normalized spacial score (nSPS) is 14.6. The van der Waals surface area contributed by atoms with Crippen LogP contribution >= 0.6 is 11.3 Å². The van der Waals surface area contributed by atoms with Gasteiger partial charge >= 0.3 is 0 Å². The molecule has 94 valence electrons. The summed E-state index contributed by atoms with van der Waals surface area (Å²) in [7, 11) is 0. The number of aromatic nitrogens is 2. The van der Waals surface area contributed by atoms with Crippen LogP contribution in [0.2, 0.25) is 0 Å². The largest absolute Gasteiger partial charge is 0.343 e. The summed E-state index contributed by atoms with van der Waals surface area (Å²) in [6.45, 7) is 1.78. The summed E-state index contributed by atoms with van der Waals surface area (Å²) in [6, 6.07) is 3.90. The van der Waals surface area contributed by atoms with Crippen molar-refractivity contribution in [1.29, 1.82) is 0 Å².